The van der Waals surface area contributed by atoms with Crippen molar-refractivity contribution < 1.29 is 23.8 Å². The first-order valence-electron chi connectivity index (χ1n) is 16.3. The number of esters is 2. The lowest BCUT2D eigenvalue weighted by Gasteiger charge is -2.11. The third kappa shape index (κ3) is 9.89. The maximum Gasteiger partial charge on any atom is 0.343 e. The summed E-state index contributed by atoms with van der Waals surface area (Å²) in [6.07, 6.45) is 10.8. The number of nitrogens with zero attached hydrogens (tertiary/aromatic N) is 1. The third-order valence-electron chi connectivity index (χ3n) is 7.61. The van der Waals surface area contributed by atoms with Crippen molar-refractivity contribution in [1.82, 2.24) is 4.98 Å². The zero-order valence-corrected chi connectivity index (χ0v) is 28.0. The van der Waals surface area contributed by atoms with Crippen molar-refractivity contribution in [3.63, 3.8) is 0 Å². The average Bonchev–Trinajstić information content (AvgIpc) is 3.53. The fraction of sp³-hybridized carbons (Fsp3) is 0.225. The van der Waals surface area contributed by atoms with E-state index in [9.17, 15) is 9.59 Å². The van der Waals surface area contributed by atoms with Crippen LogP contribution in [-0.4, -0.2) is 30.1 Å². The molecule has 5 rings (SSSR count). The highest BCUT2D eigenvalue weighted by Crippen LogP contribution is 2.30. The largest absolute Gasteiger partial charge is 0.494 e. The van der Waals surface area contributed by atoms with Gasteiger partial charge < -0.3 is 19.5 Å². The van der Waals surface area contributed by atoms with Gasteiger partial charge in [-0.3, -0.25) is 0 Å². The van der Waals surface area contributed by atoms with E-state index in [1.54, 1.807) is 35.6 Å². The highest BCUT2D eigenvalue weighted by atomic mass is 32.1. The van der Waals surface area contributed by atoms with Crippen LogP contribution < -0.4 is 14.8 Å². The number of unbranched alkanes of at least 4 members (excludes halogenated alkanes) is 3. The predicted octanol–water partition coefficient (Wildman–Crippen LogP) is 9.89. The lowest BCUT2D eigenvalue weighted by Crippen LogP contribution is -2.08. The first kappa shape index (κ1) is 34.1. The number of benzene rings is 4. The number of thiazole rings is 1. The van der Waals surface area contributed by atoms with Crippen LogP contribution in [0.4, 0.5) is 5.13 Å². The van der Waals surface area contributed by atoms with Gasteiger partial charge >= 0.3 is 11.9 Å². The van der Waals surface area contributed by atoms with Crippen LogP contribution in [0.3, 0.4) is 0 Å². The van der Waals surface area contributed by atoms with E-state index in [0.29, 0.717) is 30.3 Å². The summed E-state index contributed by atoms with van der Waals surface area (Å²) in [5, 5.41) is 4.10. The second-order valence-electron chi connectivity index (χ2n) is 11.2. The molecule has 48 heavy (non-hydrogen) atoms. The number of aryl methyl sites for hydroxylation is 1. The molecule has 0 saturated carbocycles. The maximum absolute atomic E-state index is 13.1. The van der Waals surface area contributed by atoms with Crippen LogP contribution in [0.2, 0.25) is 0 Å². The molecule has 0 unspecified atom stereocenters. The van der Waals surface area contributed by atoms with E-state index < -0.39 is 5.97 Å². The molecule has 0 saturated heterocycles. The van der Waals surface area contributed by atoms with Crippen molar-refractivity contribution in [3.8, 4) is 22.6 Å². The van der Waals surface area contributed by atoms with Gasteiger partial charge in [-0.25, -0.2) is 14.6 Å². The topological polar surface area (TPSA) is 86.8 Å². The van der Waals surface area contributed by atoms with Gasteiger partial charge in [0.15, 0.2) is 5.13 Å². The summed E-state index contributed by atoms with van der Waals surface area (Å²) in [6.45, 7) is 6.53. The average molecular weight is 661 g/mol. The number of hydrogen-bond donors (Lipinski definition) is 1. The summed E-state index contributed by atoms with van der Waals surface area (Å²) in [5.74, 6) is 0.302. The molecule has 0 amide bonds. The van der Waals surface area contributed by atoms with Crippen molar-refractivity contribution in [3.05, 3.63) is 127 Å². The lowest BCUT2D eigenvalue weighted by molar-refractivity contribution is -0.137. The molecule has 1 N–H and O–H groups in total. The summed E-state index contributed by atoms with van der Waals surface area (Å²) in [6, 6.07) is 29.3. The van der Waals surface area contributed by atoms with Gasteiger partial charge in [-0.05, 0) is 109 Å². The molecule has 0 fully saturated rings. The molecular formula is C40H40N2O5S. The second-order valence-corrected chi connectivity index (χ2v) is 12.2. The molecule has 1 aromatic heterocycles. The minimum atomic E-state index is -0.446. The van der Waals surface area contributed by atoms with Crippen molar-refractivity contribution in [2.24, 2.45) is 0 Å². The van der Waals surface area contributed by atoms with Gasteiger partial charge in [0, 0.05) is 12.3 Å². The Hall–Kier alpha value is -5.21. The van der Waals surface area contributed by atoms with E-state index in [1.807, 2.05) is 48.7 Å². The molecule has 1 heterocycles. The molecule has 246 valence electrons. The Labute approximate surface area is 285 Å². The zero-order valence-electron chi connectivity index (χ0n) is 27.2. The van der Waals surface area contributed by atoms with E-state index >= 15 is 0 Å². The van der Waals surface area contributed by atoms with Crippen LogP contribution in [0.25, 0.3) is 27.4 Å². The lowest BCUT2D eigenvalue weighted by atomic mass is 9.97. The molecule has 5 aromatic rings. The smallest absolute Gasteiger partial charge is 0.343 e. The van der Waals surface area contributed by atoms with Gasteiger partial charge in [0.1, 0.15) is 11.5 Å². The SMILES string of the molecule is C=CC(=O)OCCCCCCOc1ccc(C(=O)Oc2ccc(-c3ccc(CCC)cc3)c(/C=C/Nc3nc4ccccc4s3)c2)cc1. The van der Waals surface area contributed by atoms with Gasteiger partial charge in [-0.2, -0.15) is 0 Å². The van der Waals surface area contributed by atoms with E-state index in [-0.39, 0.29) is 5.97 Å². The van der Waals surface area contributed by atoms with Crippen molar-refractivity contribution >= 4 is 44.7 Å². The van der Waals surface area contributed by atoms with Gasteiger partial charge in [-0.1, -0.05) is 73.7 Å². The van der Waals surface area contributed by atoms with Gasteiger partial charge in [0.25, 0.3) is 0 Å². The van der Waals surface area contributed by atoms with Crippen LogP contribution in [0.5, 0.6) is 11.5 Å². The third-order valence-corrected chi connectivity index (χ3v) is 8.58. The summed E-state index contributed by atoms with van der Waals surface area (Å²) in [7, 11) is 0. The highest BCUT2D eigenvalue weighted by Gasteiger charge is 2.12. The number of aromatic nitrogens is 1. The van der Waals surface area contributed by atoms with Gasteiger partial charge in [0.05, 0.1) is 29.0 Å². The summed E-state index contributed by atoms with van der Waals surface area (Å²) in [5.41, 5.74) is 5.70. The van der Waals surface area contributed by atoms with Crippen LogP contribution in [-0.2, 0) is 16.0 Å². The Bertz CT molecular complexity index is 1810. The molecule has 8 heteroatoms. The molecule has 0 aliphatic rings. The molecule has 0 aliphatic carbocycles. The molecule has 0 atom stereocenters. The Morgan fingerprint density at radius 3 is 2.38 bits per heavy atom. The van der Waals surface area contributed by atoms with Gasteiger partial charge in [-0.15, -0.1) is 0 Å². The first-order valence-corrected chi connectivity index (χ1v) is 17.1. The fourth-order valence-corrected chi connectivity index (χ4v) is 5.96. The summed E-state index contributed by atoms with van der Waals surface area (Å²) in [4.78, 5) is 28.8. The highest BCUT2D eigenvalue weighted by molar-refractivity contribution is 7.22. The van der Waals surface area contributed by atoms with Crippen molar-refractivity contribution in [2.45, 2.75) is 45.4 Å². The number of rotatable bonds is 17. The first-order chi connectivity index (χ1) is 23.5. The van der Waals surface area contributed by atoms with Gasteiger partial charge in [0.2, 0.25) is 0 Å². The predicted molar refractivity (Wildman–Crippen MR) is 195 cm³/mol. The van der Waals surface area contributed by atoms with Crippen molar-refractivity contribution in [2.75, 3.05) is 18.5 Å². The molecule has 0 aliphatic heterocycles. The number of fused-ring (bicyclic) bond motifs is 1. The molecule has 0 radical (unpaired) electrons. The molecule has 7 nitrogen and oxygen atoms in total. The van der Waals surface area contributed by atoms with Crippen LogP contribution in [0, 0.1) is 0 Å². The minimum Gasteiger partial charge on any atom is -0.494 e. The molecular weight excluding hydrogens is 621 g/mol. The van der Waals surface area contributed by atoms with Crippen molar-refractivity contribution in [1.29, 1.82) is 0 Å². The number of carbonyl (C=O) groups excluding carboxylic acids is 2. The van der Waals surface area contributed by atoms with Crippen LogP contribution in [0.1, 0.15) is 60.5 Å². The van der Waals surface area contributed by atoms with Crippen LogP contribution in [0.15, 0.2) is 110 Å². The molecule has 4 aromatic carbocycles. The normalized spacial score (nSPS) is 11.0. The van der Waals surface area contributed by atoms with E-state index in [4.69, 9.17) is 14.2 Å². The molecule has 0 spiro atoms. The second kappa shape index (κ2) is 17.6. The quantitative estimate of drug-likeness (QED) is 0.0460. The Kier molecular flexibility index (Phi) is 12.5. The minimum absolute atomic E-state index is 0.390. The number of nitrogens with one attached hydrogen (secondary N) is 1. The summed E-state index contributed by atoms with van der Waals surface area (Å²) >= 11 is 1.59. The number of para-hydroxylation sites is 1. The van der Waals surface area contributed by atoms with Crippen LogP contribution >= 0.6 is 11.3 Å². The zero-order chi connectivity index (χ0) is 33.6. The number of ether oxygens (including phenoxy) is 3. The number of anilines is 1. The number of carbonyl (C=O) groups is 2. The Balaban J connectivity index is 1.20. The fourth-order valence-electron chi connectivity index (χ4n) is 5.11. The number of hydrogen-bond acceptors (Lipinski definition) is 8. The Morgan fingerprint density at radius 1 is 0.875 bits per heavy atom. The van der Waals surface area contributed by atoms with E-state index in [1.165, 1.54) is 11.6 Å². The standard InChI is InChI=1S/C40H40N2O5S/c1-3-11-29-14-16-30(17-15-29)35-23-22-34(28-32(35)24-25-41-40-42-36-12-7-8-13-37(36)48-40)47-39(44)31-18-20-33(21-19-31)45-26-9-5-6-10-27-46-38(43)4-2/h4,7-8,12-25,28H,2-3,5-6,9-11,26-27H2,1H3,(H,41,42)/b25-24+. The Morgan fingerprint density at radius 2 is 1.62 bits per heavy atom. The maximum atomic E-state index is 13.1. The monoisotopic (exact) mass is 660 g/mol. The molecule has 0 bridgehead atoms. The van der Waals surface area contributed by atoms with E-state index in [2.05, 4.69) is 54.1 Å². The summed E-state index contributed by atoms with van der Waals surface area (Å²) < 4.78 is 17.7. The van der Waals surface area contributed by atoms with E-state index in [0.717, 1.165) is 70.6 Å².